The van der Waals surface area contributed by atoms with Gasteiger partial charge >= 0.3 is 0 Å². The van der Waals surface area contributed by atoms with Crippen LogP contribution < -0.4 is 5.32 Å². The van der Waals surface area contributed by atoms with Crippen molar-refractivity contribution in [1.82, 2.24) is 10.2 Å². The van der Waals surface area contributed by atoms with Crippen molar-refractivity contribution < 1.29 is 4.74 Å². The summed E-state index contributed by atoms with van der Waals surface area (Å²) in [5, 5.41) is 3.58. The maximum atomic E-state index is 5.23. The summed E-state index contributed by atoms with van der Waals surface area (Å²) in [6.07, 6.45) is 2.72. The van der Waals surface area contributed by atoms with Crippen LogP contribution in [-0.2, 0) is 4.74 Å². The molecule has 0 aromatic heterocycles. The normalized spacial score (nSPS) is 31.7. The van der Waals surface area contributed by atoms with E-state index in [9.17, 15) is 0 Å². The Bertz CT molecular complexity index is 192. The molecular formula is C11H22N2O. The molecule has 1 N–H and O–H groups in total. The lowest BCUT2D eigenvalue weighted by Crippen LogP contribution is -2.49. The van der Waals surface area contributed by atoms with Crippen LogP contribution in [0.2, 0.25) is 0 Å². The Labute approximate surface area is 86.8 Å². The molecule has 2 heterocycles. The molecule has 1 atom stereocenters. The van der Waals surface area contributed by atoms with Gasteiger partial charge in [0.15, 0.2) is 0 Å². The van der Waals surface area contributed by atoms with Gasteiger partial charge in [0.2, 0.25) is 0 Å². The first-order valence-corrected chi connectivity index (χ1v) is 5.68. The molecule has 2 aliphatic heterocycles. The van der Waals surface area contributed by atoms with E-state index >= 15 is 0 Å². The third kappa shape index (κ3) is 2.27. The third-order valence-corrected chi connectivity index (χ3v) is 3.50. The minimum atomic E-state index is 0.414. The highest BCUT2D eigenvalue weighted by Crippen LogP contribution is 2.25. The Balaban J connectivity index is 1.62. The summed E-state index contributed by atoms with van der Waals surface area (Å²) in [7, 11) is 2.23. The van der Waals surface area contributed by atoms with Gasteiger partial charge in [-0.15, -0.1) is 0 Å². The molecule has 0 aromatic carbocycles. The maximum Gasteiger partial charge on any atom is 0.0554 e. The predicted octanol–water partition coefficient (Wildman–Crippen LogP) is 0.707. The van der Waals surface area contributed by atoms with Gasteiger partial charge in [-0.2, -0.15) is 0 Å². The topological polar surface area (TPSA) is 24.5 Å². The van der Waals surface area contributed by atoms with E-state index in [1.165, 1.54) is 19.4 Å². The molecule has 0 aromatic rings. The average Bonchev–Trinajstić information content (AvgIpc) is 2.49. The number of rotatable bonds is 4. The van der Waals surface area contributed by atoms with E-state index < -0.39 is 0 Å². The van der Waals surface area contributed by atoms with Gasteiger partial charge in [-0.25, -0.2) is 0 Å². The molecule has 3 heteroatoms. The van der Waals surface area contributed by atoms with E-state index in [0.29, 0.717) is 5.41 Å². The molecule has 0 aliphatic carbocycles. The van der Waals surface area contributed by atoms with Crippen LogP contribution >= 0.6 is 0 Å². The molecule has 14 heavy (non-hydrogen) atoms. The molecule has 1 unspecified atom stereocenters. The number of hydrogen-bond acceptors (Lipinski definition) is 3. The molecule has 0 spiro atoms. The maximum absolute atomic E-state index is 5.23. The molecule has 0 amide bonds. The summed E-state index contributed by atoms with van der Waals surface area (Å²) < 4.78 is 5.23. The molecule has 0 bridgehead atoms. The quantitative estimate of drug-likeness (QED) is 0.720. The second-order valence-electron chi connectivity index (χ2n) is 5.21. The molecule has 2 aliphatic rings. The van der Waals surface area contributed by atoms with Gasteiger partial charge in [-0.05, 0) is 26.4 Å². The van der Waals surface area contributed by atoms with Crippen molar-refractivity contribution in [2.24, 2.45) is 5.41 Å². The van der Waals surface area contributed by atoms with Crippen LogP contribution in [0.5, 0.6) is 0 Å². The number of likely N-dealkylation sites (N-methyl/N-ethyl adjacent to an activating group) is 1. The minimum Gasteiger partial charge on any atom is -0.380 e. The Morgan fingerprint density at radius 1 is 1.50 bits per heavy atom. The largest absolute Gasteiger partial charge is 0.380 e. The van der Waals surface area contributed by atoms with E-state index in [1.54, 1.807) is 0 Å². The zero-order valence-electron chi connectivity index (χ0n) is 9.38. The van der Waals surface area contributed by atoms with E-state index in [-0.39, 0.29) is 0 Å². The van der Waals surface area contributed by atoms with Crippen molar-refractivity contribution in [2.75, 3.05) is 39.9 Å². The molecule has 2 fully saturated rings. The van der Waals surface area contributed by atoms with Gasteiger partial charge in [0, 0.05) is 24.5 Å². The zero-order valence-corrected chi connectivity index (χ0v) is 9.38. The van der Waals surface area contributed by atoms with Crippen LogP contribution in [0.1, 0.15) is 19.8 Å². The van der Waals surface area contributed by atoms with Gasteiger partial charge < -0.3 is 15.0 Å². The monoisotopic (exact) mass is 198 g/mol. The highest BCUT2D eigenvalue weighted by molar-refractivity contribution is 4.85. The molecular weight excluding hydrogens is 176 g/mol. The van der Waals surface area contributed by atoms with E-state index in [4.69, 9.17) is 4.74 Å². The second kappa shape index (κ2) is 4.17. The van der Waals surface area contributed by atoms with Gasteiger partial charge in [0.1, 0.15) is 0 Å². The first kappa shape index (κ1) is 10.4. The number of ether oxygens (including phenoxy) is 1. The van der Waals surface area contributed by atoms with Gasteiger partial charge in [0.25, 0.3) is 0 Å². The SMILES string of the molecule is CN1CCCC1CNCC1(C)COC1. The van der Waals surface area contributed by atoms with Crippen molar-refractivity contribution in [1.29, 1.82) is 0 Å². The predicted molar refractivity (Wildman–Crippen MR) is 57.4 cm³/mol. The number of nitrogens with one attached hydrogen (secondary N) is 1. The van der Waals surface area contributed by atoms with Crippen LogP contribution in [0.3, 0.4) is 0 Å². The number of likely N-dealkylation sites (tertiary alicyclic amines) is 1. The Morgan fingerprint density at radius 2 is 2.29 bits per heavy atom. The number of nitrogens with zero attached hydrogens (tertiary/aromatic N) is 1. The summed E-state index contributed by atoms with van der Waals surface area (Å²) in [6, 6.07) is 0.764. The van der Waals surface area contributed by atoms with E-state index in [1.807, 2.05) is 0 Å². The van der Waals surface area contributed by atoms with Crippen LogP contribution in [0, 0.1) is 5.41 Å². The van der Waals surface area contributed by atoms with Crippen LogP contribution in [0.25, 0.3) is 0 Å². The van der Waals surface area contributed by atoms with Gasteiger partial charge in [0.05, 0.1) is 13.2 Å². The average molecular weight is 198 g/mol. The summed E-state index contributed by atoms with van der Waals surface area (Å²) >= 11 is 0. The summed E-state index contributed by atoms with van der Waals surface area (Å²) in [5.74, 6) is 0. The summed E-state index contributed by atoms with van der Waals surface area (Å²) in [4.78, 5) is 2.46. The third-order valence-electron chi connectivity index (χ3n) is 3.50. The zero-order chi connectivity index (χ0) is 10.0. The van der Waals surface area contributed by atoms with E-state index in [0.717, 1.165) is 32.3 Å². The molecule has 3 nitrogen and oxygen atoms in total. The fourth-order valence-electron chi connectivity index (χ4n) is 2.33. The first-order chi connectivity index (χ1) is 6.70. The van der Waals surface area contributed by atoms with Crippen LogP contribution in [-0.4, -0.2) is 50.8 Å². The van der Waals surface area contributed by atoms with Gasteiger partial charge in [-0.3, -0.25) is 0 Å². The van der Waals surface area contributed by atoms with Crippen molar-refractivity contribution in [2.45, 2.75) is 25.8 Å². The smallest absolute Gasteiger partial charge is 0.0554 e. The molecule has 0 saturated carbocycles. The Hall–Kier alpha value is -0.120. The Morgan fingerprint density at radius 3 is 2.79 bits per heavy atom. The fraction of sp³-hybridized carbons (Fsp3) is 1.00. The molecule has 2 rings (SSSR count). The summed E-state index contributed by atoms with van der Waals surface area (Å²) in [6.45, 7) is 7.68. The number of hydrogen-bond donors (Lipinski definition) is 1. The van der Waals surface area contributed by atoms with Crippen molar-refractivity contribution in [3.8, 4) is 0 Å². The van der Waals surface area contributed by atoms with Crippen molar-refractivity contribution in [3.63, 3.8) is 0 Å². The lowest BCUT2D eigenvalue weighted by atomic mass is 9.89. The van der Waals surface area contributed by atoms with Crippen LogP contribution in [0.15, 0.2) is 0 Å². The second-order valence-corrected chi connectivity index (χ2v) is 5.21. The van der Waals surface area contributed by atoms with Gasteiger partial charge in [-0.1, -0.05) is 6.92 Å². The molecule has 2 saturated heterocycles. The summed E-state index contributed by atoms with van der Waals surface area (Å²) in [5.41, 5.74) is 0.414. The molecule has 82 valence electrons. The lowest BCUT2D eigenvalue weighted by molar-refractivity contribution is -0.0992. The first-order valence-electron chi connectivity index (χ1n) is 5.68. The lowest BCUT2D eigenvalue weighted by Gasteiger charge is -2.38. The van der Waals surface area contributed by atoms with E-state index in [2.05, 4.69) is 24.2 Å². The van der Waals surface area contributed by atoms with Crippen LogP contribution in [0.4, 0.5) is 0 Å². The highest BCUT2D eigenvalue weighted by atomic mass is 16.5. The standard InChI is InChI=1S/C11H22N2O/c1-11(8-14-9-11)7-12-6-10-4-3-5-13(10)2/h10,12H,3-9H2,1-2H3. The van der Waals surface area contributed by atoms with Crippen molar-refractivity contribution in [3.05, 3.63) is 0 Å². The fourth-order valence-corrected chi connectivity index (χ4v) is 2.33. The minimum absolute atomic E-state index is 0.414. The van der Waals surface area contributed by atoms with Crippen molar-refractivity contribution >= 4 is 0 Å². The highest BCUT2D eigenvalue weighted by Gasteiger charge is 2.33. The molecule has 0 radical (unpaired) electrons. The Kier molecular flexibility index (Phi) is 3.10.